The van der Waals surface area contributed by atoms with Gasteiger partial charge in [-0.3, -0.25) is 0 Å². The van der Waals surface area contributed by atoms with Gasteiger partial charge >= 0.3 is 0 Å². The van der Waals surface area contributed by atoms with E-state index in [0.717, 1.165) is 6.26 Å². The van der Waals surface area contributed by atoms with Crippen LogP contribution in [-0.2, 0) is 9.84 Å². The summed E-state index contributed by atoms with van der Waals surface area (Å²) < 4.78 is 21.0. The Morgan fingerprint density at radius 1 is 1.60 bits per heavy atom. The zero-order valence-electron chi connectivity index (χ0n) is 5.95. The molecule has 0 radical (unpaired) electrons. The Kier molecular flexibility index (Phi) is 3.85. The molecule has 0 aromatic carbocycles. The second-order valence-electron chi connectivity index (χ2n) is 2.32. The van der Waals surface area contributed by atoms with Gasteiger partial charge in [0.05, 0.1) is 11.9 Å². The minimum absolute atomic E-state index is 0.190. The van der Waals surface area contributed by atoms with Gasteiger partial charge in [-0.05, 0) is 13.0 Å². The Hall–Kier alpha value is -0.130. The molecule has 0 aromatic heterocycles. The van der Waals surface area contributed by atoms with Crippen molar-refractivity contribution in [3.05, 3.63) is 0 Å². The first kappa shape index (κ1) is 9.87. The third kappa shape index (κ3) is 6.00. The van der Waals surface area contributed by atoms with Crippen LogP contribution in [0.15, 0.2) is 0 Å². The van der Waals surface area contributed by atoms with Gasteiger partial charge in [-0.1, -0.05) is 0 Å². The van der Waals surface area contributed by atoms with Gasteiger partial charge < -0.3 is 10.8 Å². The molecule has 0 aliphatic rings. The molecule has 0 rings (SSSR count). The van der Waals surface area contributed by atoms with E-state index in [-0.39, 0.29) is 5.75 Å². The minimum atomic E-state index is -3.05. The molecule has 0 aliphatic heterocycles. The normalized spacial score (nSPS) is 15.1. The molecule has 0 aliphatic carbocycles. The second-order valence-corrected chi connectivity index (χ2v) is 4.51. The largest absolute Gasteiger partial charge is 0.392 e. The highest BCUT2D eigenvalue weighted by Gasteiger charge is 2.10. The number of sulfone groups is 1. The molecule has 0 heterocycles. The summed E-state index contributed by atoms with van der Waals surface area (Å²) in [4.78, 5) is 0. The Labute approximate surface area is 61.0 Å². The van der Waals surface area contributed by atoms with Crippen molar-refractivity contribution in [1.29, 1.82) is 0 Å². The molecule has 10 heavy (non-hydrogen) atoms. The molecule has 0 spiro atoms. The van der Waals surface area contributed by atoms with Gasteiger partial charge in [0.25, 0.3) is 0 Å². The molecular weight excluding hydrogens is 154 g/mol. The second kappa shape index (κ2) is 3.90. The molecule has 0 fully saturated rings. The summed E-state index contributed by atoms with van der Waals surface area (Å²) in [6.45, 7) is 0.316. The summed E-state index contributed by atoms with van der Waals surface area (Å²) in [5, 5.41) is 8.93. The van der Waals surface area contributed by atoms with Crippen molar-refractivity contribution in [3.8, 4) is 0 Å². The van der Waals surface area contributed by atoms with E-state index in [9.17, 15) is 8.42 Å². The monoisotopic (exact) mass is 167 g/mol. The van der Waals surface area contributed by atoms with Gasteiger partial charge in [0.2, 0.25) is 0 Å². The lowest BCUT2D eigenvalue weighted by molar-refractivity contribution is 0.190. The van der Waals surface area contributed by atoms with Crippen molar-refractivity contribution in [2.24, 2.45) is 5.73 Å². The van der Waals surface area contributed by atoms with E-state index in [0.29, 0.717) is 13.0 Å². The lowest BCUT2D eigenvalue weighted by Gasteiger charge is -2.05. The molecule has 1 unspecified atom stereocenters. The summed E-state index contributed by atoms with van der Waals surface area (Å²) >= 11 is 0. The summed E-state index contributed by atoms with van der Waals surface area (Å²) in [6.07, 6.45) is 0.625. The van der Waals surface area contributed by atoms with Crippen LogP contribution in [-0.4, -0.2) is 38.2 Å². The molecule has 0 saturated carbocycles. The fourth-order valence-corrected chi connectivity index (χ4v) is 1.49. The smallest absolute Gasteiger partial charge is 0.149 e. The molecule has 62 valence electrons. The van der Waals surface area contributed by atoms with E-state index < -0.39 is 15.9 Å². The van der Waals surface area contributed by atoms with Crippen LogP contribution in [0.2, 0.25) is 0 Å². The number of aliphatic hydroxyl groups is 1. The van der Waals surface area contributed by atoms with E-state index >= 15 is 0 Å². The highest BCUT2D eigenvalue weighted by molar-refractivity contribution is 7.90. The summed E-state index contributed by atoms with van der Waals surface area (Å²) in [6, 6.07) is 0. The predicted octanol–water partition coefficient (Wildman–Crippen LogP) is -1.26. The summed E-state index contributed by atoms with van der Waals surface area (Å²) in [7, 11) is -3.05. The van der Waals surface area contributed by atoms with Crippen LogP contribution in [0.4, 0.5) is 0 Å². The average Bonchev–Trinajstić information content (AvgIpc) is 1.59. The Bertz CT molecular complexity index is 175. The molecule has 5 heteroatoms. The van der Waals surface area contributed by atoms with Crippen molar-refractivity contribution < 1.29 is 13.5 Å². The fourth-order valence-electron chi connectivity index (χ4n) is 0.625. The third-order valence-corrected chi connectivity index (χ3v) is 1.99. The zero-order valence-corrected chi connectivity index (χ0v) is 6.76. The first-order valence-corrected chi connectivity index (χ1v) is 5.07. The Morgan fingerprint density at radius 2 is 2.10 bits per heavy atom. The van der Waals surface area contributed by atoms with E-state index in [1.54, 1.807) is 0 Å². The number of nitrogens with two attached hydrogens (primary N) is 1. The maximum Gasteiger partial charge on any atom is 0.149 e. The Morgan fingerprint density at radius 3 is 2.40 bits per heavy atom. The number of aliphatic hydroxyl groups excluding tert-OH is 1. The molecule has 3 N–H and O–H groups in total. The van der Waals surface area contributed by atoms with E-state index in [1.807, 2.05) is 0 Å². The zero-order chi connectivity index (χ0) is 8.20. The van der Waals surface area contributed by atoms with Crippen LogP contribution in [0.3, 0.4) is 0 Å². The van der Waals surface area contributed by atoms with Crippen molar-refractivity contribution in [1.82, 2.24) is 0 Å². The lowest BCUT2D eigenvalue weighted by atomic mass is 10.3. The van der Waals surface area contributed by atoms with Gasteiger partial charge in [0, 0.05) is 6.26 Å². The Balaban J connectivity index is 3.69. The van der Waals surface area contributed by atoms with E-state index in [2.05, 4.69) is 0 Å². The maximum absolute atomic E-state index is 10.5. The quantitative estimate of drug-likeness (QED) is 0.547. The topological polar surface area (TPSA) is 80.4 Å². The van der Waals surface area contributed by atoms with Crippen LogP contribution in [0, 0.1) is 0 Å². The predicted molar refractivity (Wildman–Crippen MR) is 39.4 cm³/mol. The first-order chi connectivity index (χ1) is 4.45. The molecule has 0 aromatic rings. The highest BCUT2D eigenvalue weighted by Crippen LogP contribution is 1.93. The summed E-state index contributed by atoms with van der Waals surface area (Å²) in [5.74, 6) is -0.190. The van der Waals surface area contributed by atoms with Crippen LogP contribution in [0.5, 0.6) is 0 Å². The van der Waals surface area contributed by atoms with E-state index in [4.69, 9.17) is 10.8 Å². The van der Waals surface area contributed by atoms with Crippen molar-refractivity contribution in [3.63, 3.8) is 0 Å². The number of hydrogen-bond donors (Lipinski definition) is 2. The highest BCUT2D eigenvalue weighted by atomic mass is 32.2. The SMILES string of the molecule is CS(=O)(=O)CC(O)CCN. The number of rotatable bonds is 4. The van der Waals surface area contributed by atoms with Crippen molar-refractivity contribution in [2.45, 2.75) is 12.5 Å². The maximum atomic E-state index is 10.5. The summed E-state index contributed by atoms with van der Waals surface area (Å²) in [5.41, 5.74) is 5.09. The minimum Gasteiger partial charge on any atom is -0.392 e. The van der Waals surface area contributed by atoms with Crippen LogP contribution in [0.1, 0.15) is 6.42 Å². The fraction of sp³-hybridized carbons (Fsp3) is 1.00. The van der Waals surface area contributed by atoms with Gasteiger partial charge in [0.15, 0.2) is 0 Å². The van der Waals surface area contributed by atoms with Gasteiger partial charge in [0.1, 0.15) is 9.84 Å². The number of hydrogen-bond acceptors (Lipinski definition) is 4. The average molecular weight is 167 g/mol. The molecular formula is C5H13NO3S. The molecule has 0 amide bonds. The molecule has 1 atom stereocenters. The van der Waals surface area contributed by atoms with Crippen molar-refractivity contribution in [2.75, 3.05) is 18.6 Å². The first-order valence-electron chi connectivity index (χ1n) is 3.01. The van der Waals surface area contributed by atoms with E-state index in [1.165, 1.54) is 0 Å². The third-order valence-electron chi connectivity index (χ3n) is 0.995. The van der Waals surface area contributed by atoms with Crippen LogP contribution < -0.4 is 5.73 Å². The van der Waals surface area contributed by atoms with Crippen molar-refractivity contribution >= 4 is 9.84 Å². The van der Waals surface area contributed by atoms with Gasteiger partial charge in [-0.15, -0.1) is 0 Å². The van der Waals surface area contributed by atoms with Gasteiger partial charge in [-0.2, -0.15) is 0 Å². The standard InChI is InChI=1S/C5H13NO3S/c1-10(8,9)4-5(7)2-3-6/h5,7H,2-4,6H2,1H3. The molecule has 4 nitrogen and oxygen atoms in total. The van der Waals surface area contributed by atoms with Crippen LogP contribution >= 0.6 is 0 Å². The van der Waals surface area contributed by atoms with Crippen LogP contribution in [0.25, 0.3) is 0 Å². The van der Waals surface area contributed by atoms with Gasteiger partial charge in [-0.25, -0.2) is 8.42 Å². The molecule has 0 bridgehead atoms. The molecule has 0 saturated heterocycles. The lowest BCUT2D eigenvalue weighted by Crippen LogP contribution is -2.22.